The lowest BCUT2D eigenvalue weighted by atomic mass is 10.2. The molecule has 0 fully saturated rings. The minimum Gasteiger partial charge on any atom is -0.377 e. The highest BCUT2D eigenvalue weighted by Crippen LogP contribution is 2.22. The van der Waals surface area contributed by atoms with Crippen LogP contribution in [0.15, 0.2) is 41.4 Å². The van der Waals surface area contributed by atoms with Crippen molar-refractivity contribution < 1.29 is 13.2 Å². The maximum Gasteiger partial charge on any atom is 0.265 e. The molecule has 0 radical (unpaired) electrons. The van der Waals surface area contributed by atoms with Crippen molar-refractivity contribution in [3.05, 3.63) is 42.1 Å². The Morgan fingerprint density at radius 3 is 2.71 bits per heavy atom. The van der Waals surface area contributed by atoms with Crippen molar-refractivity contribution in [1.82, 2.24) is 9.78 Å². The van der Waals surface area contributed by atoms with Crippen LogP contribution in [0.3, 0.4) is 0 Å². The van der Waals surface area contributed by atoms with Gasteiger partial charge in [0.2, 0.25) is 0 Å². The van der Waals surface area contributed by atoms with Crippen molar-refractivity contribution in [1.29, 1.82) is 0 Å². The number of sulfonamides is 1. The van der Waals surface area contributed by atoms with Gasteiger partial charge in [-0.25, -0.2) is 8.42 Å². The summed E-state index contributed by atoms with van der Waals surface area (Å²) in [6.07, 6.45) is 1.56. The first-order valence-corrected chi connectivity index (χ1v) is 8.04. The first-order chi connectivity index (χ1) is 9.96. The van der Waals surface area contributed by atoms with Gasteiger partial charge in [-0.05, 0) is 24.6 Å². The van der Waals surface area contributed by atoms with Crippen LogP contribution in [-0.4, -0.2) is 31.9 Å². The van der Waals surface area contributed by atoms with Gasteiger partial charge in [0.05, 0.1) is 17.7 Å². The fourth-order valence-corrected chi connectivity index (χ4v) is 3.27. The number of aryl methyl sites for hydroxylation is 1. The second-order valence-corrected chi connectivity index (χ2v) is 6.54. The first kappa shape index (κ1) is 15.5. The molecular formula is C14H19N3O3S. The van der Waals surface area contributed by atoms with E-state index in [2.05, 4.69) is 5.10 Å². The predicted octanol–water partition coefficient (Wildman–Crippen LogP) is 1.78. The number of nitrogens with zero attached hydrogens (tertiary/aromatic N) is 3. The molecular weight excluding hydrogens is 290 g/mol. The molecule has 2 aromatic rings. The van der Waals surface area contributed by atoms with Gasteiger partial charge in [0.1, 0.15) is 5.82 Å². The summed E-state index contributed by atoms with van der Waals surface area (Å²) in [5.41, 5.74) is 0.830. The number of benzene rings is 1. The summed E-state index contributed by atoms with van der Waals surface area (Å²) in [5, 5.41) is 3.99. The molecule has 21 heavy (non-hydrogen) atoms. The third kappa shape index (κ3) is 3.25. The fourth-order valence-electron chi connectivity index (χ4n) is 1.97. The molecule has 0 aliphatic heterocycles. The number of ether oxygens (including phenoxy) is 1. The van der Waals surface area contributed by atoms with E-state index in [-0.39, 0.29) is 4.90 Å². The van der Waals surface area contributed by atoms with E-state index in [4.69, 9.17) is 4.74 Å². The second kappa shape index (κ2) is 6.28. The molecule has 1 aromatic carbocycles. The molecule has 1 heterocycles. The van der Waals surface area contributed by atoms with Crippen molar-refractivity contribution in [3.63, 3.8) is 0 Å². The second-order valence-electron chi connectivity index (χ2n) is 4.57. The quantitative estimate of drug-likeness (QED) is 0.816. The van der Waals surface area contributed by atoms with Gasteiger partial charge in [0.15, 0.2) is 0 Å². The Kier molecular flexibility index (Phi) is 4.64. The normalized spacial score (nSPS) is 11.6. The van der Waals surface area contributed by atoms with Gasteiger partial charge in [-0.3, -0.25) is 8.99 Å². The van der Waals surface area contributed by atoms with Crippen molar-refractivity contribution >= 4 is 15.8 Å². The molecule has 7 heteroatoms. The zero-order valence-corrected chi connectivity index (χ0v) is 13.2. The average Bonchev–Trinajstić information content (AvgIpc) is 2.90. The van der Waals surface area contributed by atoms with E-state index in [9.17, 15) is 8.42 Å². The summed E-state index contributed by atoms with van der Waals surface area (Å²) in [6, 6.07) is 8.44. The smallest absolute Gasteiger partial charge is 0.265 e. The van der Waals surface area contributed by atoms with Crippen molar-refractivity contribution in [3.8, 4) is 0 Å². The van der Waals surface area contributed by atoms with Crippen LogP contribution >= 0.6 is 0 Å². The molecule has 0 aliphatic rings. The molecule has 6 nitrogen and oxygen atoms in total. The molecule has 0 amide bonds. The summed E-state index contributed by atoms with van der Waals surface area (Å²) >= 11 is 0. The highest BCUT2D eigenvalue weighted by atomic mass is 32.2. The van der Waals surface area contributed by atoms with Crippen LogP contribution in [0.5, 0.6) is 0 Å². The summed E-state index contributed by atoms with van der Waals surface area (Å²) in [4.78, 5) is 0.239. The Hall–Kier alpha value is -1.86. The Balaban J connectivity index is 2.33. The van der Waals surface area contributed by atoms with Gasteiger partial charge < -0.3 is 4.74 Å². The van der Waals surface area contributed by atoms with Crippen LogP contribution in [-0.2, 0) is 28.4 Å². The Labute approximate surface area is 125 Å². The number of anilines is 1. The average molecular weight is 309 g/mol. The molecule has 0 aliphatic carbocycles. The molecule has 0 saturated heterocycles. The highest BCUT2D eigenvalue weighted by Gasteiger charge is 2.23. The first-order valence-electron chi connectivity index (χ1n) is 6.60. The van der Waals surface area contributed by atoms with Gasteiger partial charge in [-0.1, -0.05) is 12.1 Å². The van der Waals surface area contributed by atoms with E-state index in [1.165, 1.54) is 16.0 Å². The van der Waals surface area contributed by atoms with Crippen LogP contribution in [0.25, 0.3) is 0 Å². The predicted molar refractivity (Wildman–Crippen MR) is 80.6 cm³/mol. The van der Waals surface area contributed by atoms with Gasteiger partial charge in [-0.2, -0.15) is 5.10 Å². The molecule has 0 bridgehead atoms. The molecule has 0 unspecified atom stereocenters. The van der Waals surface area contributed by atoms with Crippen LogP contribution in [0.4, 0.5) is 5.82 Å². The number of hydrogen-bond donors (Lipinski definition) is 0. The maximum atomic E-state index is 12.7. The van der Waals surface area contributed by atoms with E-state index in [0.717, 1.165) is 5.56 Å². The molecule has 0 atom stereocenters. The zero-order chi connectivity index (χ0) is 15.5. The molecule has 2 rings (SSSR count). The van der Waals surface area contributed by atoms with Gasteiger partial charge in [-0.15, -0.1) is 0 Å². The van der Waals surface area contributed by atoms with Gasteiger partial charge in [0, 0.05) is 26.8 Å². The Morgan fingerprint density at radius 1 is 1.33 bits per heavy atom. The molecule has 114 valence electrons. The Bertz CT molecular complexity index is 710. The minimum absolute atomic E-state index is 0.239. The lowest BCUT2D eigenvalue weighted by Gasteiger charge is -2.19. The summed E-state index contributed by atoms with van der Waals surface area (Å²) in [6.45, 7) is 2.89. The zero-order valence-electron chi connectivity index (χ0n) is 12.4. The highest BCUT2D eigenvalue weighted by molar-refractivity contribution is 7.92. The van der Waals surface area contributed by atoms with Gasteiger partial charge >= 0.3 is 0 Å². The van der Waals surface area contributed by atoms with Crippen LogP contribution < -0.4 is 4.31 Å². The lowest BCUT2D eigenvalue weighted by Crippen LogP contribution is -2.28. The van der Waals surface area contributed by atoms with E-state index >= 15 is 0 Å². The topological polar surface area (TPSA) is 64.4 Å². The summed E-state index contributed by atoms with van der Waals surface area (Å²) in [7, 11) is -0.398. The van der Waals surface area contributed by atoms with Crippen LogP contribution in [0.1, 0.15) is 12.5 Å². The van der Waals surface area contributed by atoms with E-state index in [1.54, 1.807) is 37.5 Å². The third-order valence-electron chi connectivity index (χ3n) is 3.15. The standard InChI is InChI=1S/C14H19N3O3S/c1-4-20-11-12-6-5-7-13(10-12)21(18,19)17(3)14-8-9-15-16(14)2/h5-10H,4,11H2,1-3H3. The van der Waals surface area contributed by atoms with E-state index in [1.807, 2.05) is 13.0 Å². The lowest BCUT2D eigenvalue weighted by molar-refractivity contribution is 0.134. The number of aromatic nitrogens is 2. The van der Waals surface area contributed by atoms with Crippen LogP contribution in [0, 0.1) is 0 Å². The maximum absolute atomic E-state index is 12.7. The van der Waals surface area contributed by atoms with E-state index in [0.29, 0.717) is 19.0 Å². The van der Waals surface area contributed by atoms with Crippen LogP contribution in [0.2, 0.25) is 0 Å². The SMILES string of the molecule is CCOCc1cccc(S(=O)(=O)N(C)c2ccnn2C)c1. The summed E-state index contributed by atoms with van der Waals surface area (Å²) in [5.74, 6) is 0.505. The molecule has 0 spiro atoms. The van der Waals surface area contributed by atoms with Gasteiger partial charge in [0.25, 0.3) is 10.0 Å². The fraction of sp³-hybridized carbons (Fsp3) is 0.357. The van der Waals surface area contributed by atoms with Crippen molar-refractivity contribution in [2.24, 2.45) is 7.05 Å². The summed E-state index contributed by atoms with van der Waals surface area (Å²) < 4.78 is 33.4. The third-order valence-corrected chi connectivity index (χ3v) is 4.91. The molecule has 0 N–H and O–H groups in total. The molecule has 0 saturated carbocycles. The number of rotatable bonds is 6. The monoisotopic (exact) mass is 309 g/mol. The Morgan fingerprint density at radius 2 is 2.10 bits per heavy atom. The largest absolute Gasteiger partial charge is 0.377 e. The minimum atomic E-state index is -3.62. The van der Waals surface area contributed by atoms with E-state index < -0.39 is 10.0 Å². The number of hydrogen-bond acceptors (Lipinski definition) is 4. The van der Waals surface area contributed by atoms with Crippen molar-refractivity contribution in [2.45, 2.75) is 18.4 Å². The molecule has 1 aromatic heterocycles. The van der Waals surface area contributed by atoms with Crippen molar-refractivity contribution in [2.75, 3.05) is 18.0 Å².